The van der Waals surface area contributed by atoms with Gasteiger partial charge in [-0.15, -0.1) is 0 Å². The summed E-state index contributed by atoms with van der Waals surface area (Å²) in [6.45, 7) is 0.813. The number of amides is 1. The van der Waals surface area contributed by atoms with Crippen LogP contribution in [0, 0.1) is 5.92 Å². The van der Waals surface area contributed by atoms with E-state index in [1.165, 1.54) is 0 Å². The van der Waals surface area contributed by atoms with Crippen molar-refractivity contribution >= 4 is 11.6 Å². The molecule has 1 fully saturated rings. The lowest BCUT2D eigenvalue weighted by Crippen LogP contribution is -2.40. The third-order valence-corrected chi connectivity index (χ3v) is 3.92. The number of carbonyl (C=O) groups is 1. The van der Waals surface area contributed by atoms with Crippen LogP contribution in [0.4, 0.5) is 5.69 Å². The predicted molar refractivity (Wildman–Crippen MR) is 82.4 cm³/mol. The number of anilines is 1. The first-order valence-corrected chi connectivity index (χ1v) is 7.37. The van der Waals surface area contributed by atoms with Gasteiger partial charge in [-0.05, 0) is 38.6 Å². The van der Waals surface area contributed by atoms with E-state index in [0.29, 0.717) is 0 Å². The van der Waals surface area contributed by atoms with Gasteiger partial charge in [0.25, 0.3) is 0 Å². The third-order valence-electron chi connectivity index (χ3n) is 3.92. The second-order valence-corrected chi connectivity index (χ2v) is 5.94. The van der Waals surface area contributed by atoms with Crippen LogP contribution in [0.5, 0.6) is 0 Å². The Kier molecular flexibility index (Phi) is 5.15. The van der Waals surface area contributed by atoms with Crippen LogP contribution in [0.2, 0.25) is 0 Å². The molecule has 0 aliphatic heterocycles. The van der Waals surface area contributed by atoms with Crippen LogP contribution >= 0.6 is 0 Å². The topological polar surface area (TPSA) is 58.4 Å². The highest BCUT2D eigenvalue weighted by Crippen LogP contribution is 2.25. The number of benzene rings is 1. The van der Waals surface area contributed by atoms with Crippen molar-refractivity contribution in [2.24, 2.45) is 11.7 Å². The van der Waals surface area contributed by atoms with Crippen LogP contribution in [0.1, 0.15) is 31.2 Å². The van der Waals surface area contributed by atoms with E-state index in [1.807, 2.05) is 32.3 Å². The normalized spacial score (nSPS) is 22.8. The molecule has 20 heavy (non-hydrogen) atoms. The highest BCUT2D eigenvalue weighted by molar-refractivity contribution is 5.93. The quantitative estimate of drug-likeness (QED) is 0.885. The van der Waals surface area contributed by atoms with Crippen molar-refractivity contribution in [2.45, 2.75) is 38.3 Å². The molecule has 4 nitrogen and oxygen atoms in total. The molecule has 0 saturated heterocycles. The number of hydrogen-bond donors (Lipinski definition) is 2. The maximum absolute atomic E-state index is 12.4. The number of hydrogen-bond acceptors (Lipinski definition) is 3. The molecule has 110 valence electrons. The Balaban J connectivity index is 2.07. The van der Waals surface area contributed by atoms with Crippen LogP contribution in [0.25, 0.3) is 0 Å². The Morgan fingerprint density at radius 2 is 2.00 bits per heavy atom. The molecule has 0 radical (unpaired) electrons. The van der Waals surface area contributed by atoms with Gasteiger partial charge < -0.3 is 16.0 Å². The summed E-state index contributed by atoms with van der Waals surface area (Å²) in [5.74, 6) is 0.0274. The van der Waals surface area contributed by atoms with Crippen molar-refractivity contribution in [1.29, 1.82) is 0 Å². The minimum Gasteiger partial charge on any atom is -0.327 e. The fourth-order valence-electron chi connectivity index (χ4n) is 2.83. The van der Waals surface area contributed by atoms with Crippen molar-refractivity contribution in [2.75, 3.05) is 19.4 Å². The zero-order chi connectivity index (χ0) is 14.5. The highest BCUT2D eigenvalue weighted by atomic mass is 16.1. The first-order chi connectivity index (χ1) is 9.58. The SMILES string of the molecule is CN(C)Cc1ccccc1NC(=O)C1CCCCC1N. The summed E-state index contributed by atoms with van der Waals surface area (Å²) >= 11 is 0. The molecule has 0 bridgehead atoms. The number of nitrogens with one attached hydrogen (secondary N) is 1. The molecule has 4 heteroatoms. The molecular formula is C16H25N3O. The minimum absolute atomic E-state index is 0.00441. The second kappa shape index (κ2) is 6.86. The summed E-state index contributed by atoms with van der Waals surface area (Å²) < 4.78 is 0. The summed E-state index contributed by atoms with van der Waals surface area (Å²) in [4.78, 5) is 14.5. The first-order valence-electron chi connectivity index (χ1n) is 7.37. The van der Waals surface area contributed by atoms with Crippen LogP contribution in [0.15, 0.2) is 24.3 Å². The lowest BCUT2D eigenvalue weighted by molar-refractivity contribution is -0.121. The van der Waals surface area contributed by atoms with Crippen molar-refractivity contribution in [3.8, 4) is 0 Å². The number of para-hydroxylation sites is 1. The van der Waals surface area contributed by atoms with E-state index in [-0.39, 0.29) is 17.9 Å². The van der Waals surface area contributed by atoms with Gasteiger partial charge in [0.05, 0.1) is 5.92 Å². The third kappa shape index (κ3) is 3.81. The summed E-state index contributed by atoms with van der Waals surface area (Å²) in [5.41, 5.74) is 8.12. The van der Waals surface area contributed by atoms with Gasteiger partial charge in [-0.3, -0.25) is 4.79 Å². The standard InChI is InChI=1S/C16H25N3O/c1-19(2)11-12-7-3-6-10-15(12)18-16(20)13-8-4-5-9-14(13)17/h3,6-7,10,13-14H,4-5,8-9,11,17H2,1-2H3,(H,18,20). The number of nitrogens with two attached hydrogens (primary N) is 1. The summed E-state index contributed by atoms with van der Waals surface area (Å²) in [7, 11) is 4.05. The van der Waals surface area contributed by atoms with Crippen molar-refractivity contribution in [1.82, 2.24) is 4.90 Å². The fourth-order valence-corrected chi connectivity index (χ4v) is 2.83. The first kappa shape index (κ1) is 15.0. The van der Waals surface area contributed by atoms with Crippen molar-refractivity contribution < 1.29 is 4.79 Å². The molecular weight excluding hydrogens is 250 g/mol. The van der Waals surface area contributed by atoms with Crippen LogP contribution in [0.3, 0.4) is 0 Å². The van der Waals surface area contributed by atoms with Gasteiger partial charge >= 0.3 is 0 Å². The molecule has 1 aromatic rings. The van der Waals surface area contributed by atoms with E-state index < -0.39 is 0 Å². The number of nitrogens with zero attached hydrogens (tertiary/aromatic N) is 1. The Labute approximate surface area is 121 Å². The summed E-state index contributed by atoms with van der Waals surface area (Å²) in [6.07, 6.45) is 4.10. The zero-order valence-electron chi connectivity index (χ0n) is 12.4. The van der Waals surface area contributed by atoms with E-state index in [1.54, 1.807) is 0 Å². The smallest absolute Gasteiger partial charge is 0.229 e. The Hall–Kier alpha value is -1.39. The van der Waals surface area contributed by atoms with Crippen molar-refractivity contribution in [3.05, 3.63) is 29.8 Å². The van der Waals surface area contributed by atoms with Crippen LogP contribution in [-0.2, 0) is 11.3 Å². The lowest BCUT2D eigenvalue weighted by Gasteiger charge is -2.28. The van der Waals surface area contributed by atoms with E-state index in [0.717, 1.165) is 43.5 Å². The van der Waals surface area contributed by atoms with Gasteiger partial charge in [0.15, 0.2) is 0 Å². The molecule has 0 aromatic heterocycles. The molecule has 1 amide bonds. The molecule has 1 saturated carbocycles. The van der Waals surface area contributed by atoms with Gasteiger partial charge in [-0.1, -0.05) is 31.0 Å². The monoisotopic (exact) mass is 275 g/mol. The second-order valence-electron chi connectivity index (χ2n) is 5.94. The molecule has 1 aliphatic carbocycles. The summed E-state index contributed by atoms with van der Waals surface area (Å²) in [5, 5.41) is 3.07. The Morgan fingerprint density at radius 1 is 1.30 bits per heavy atom. The van der Waals surface area contributed by atoms with E-state index in [2.05, 4.69) is 16.3 Å². The average molecular weight is 275 g/mol. The van der Waals surface area contributed by atoms with Crippen LogP contribution in [-0.4, -0.2) is 30.9 Å². The van der Waals surface area contributed by atoms with Gasteiger partial charge in [0.1, 0.15) is 0 Å². The lowest BCUT2D eigenvalue weighted by atomic mass is 9.84. The molecule has 0 heterocycles. The van der Waals surface area contributed by atoms with E-state index in [9.17, 15) is 4.79 Å². The van der Waals surface area contributed by atoms with Gasteiger partial charge in [0, 0.05) is 18.3 Å². The molecule has 2 atom stereocenters. The van der Waals surface area contributed by atoms with Gasteiger partial charge in [0.2, 0.25) is 5.91 Å². The zero-order valence-corrected chi connectivity index (χ0v) is 12.4. The molecule has 1 aliphatic rings. The maximum Gasteiger partial charge on any atom is 0.229 e. The van der Waals surface area contributed by atoms with Crippen LogP contribution < -0.4 is 11.1 Å². The molecule has 1 aromatic carbocycles. The van der Waals surface area contributed by atoms with Crippen molar-refractivity contribution in [3.63, 3.8) is 0 Å². The molecule has 2 unspecified atom stereocenters. The minimum atomic E-state index is -0.0452. The predicted octanol–water partition coefficient (Wildman–Crippen LogP) is 2.20. The highest BCUT2D eigenvalue weighted by Gasteiger charge is 2.28. The Morgan fingerprint density at radius 3 is 2.70 bits per heavy atom. The molecule has 2 rings (SSSR count). The Bertz CT molecular complexity index is 459. The van der Waals surface area contributed by atoms with Gasteiger partial charge in [-0.2, -0.15) is 0 Å². The molecule has 3 N–H and O–H groups in total. The largest absolute Gasteiger partial charge is 0.327 e. The summed E-state index contributed by atoms with van der Waals surface area (Å²) in [6, 6.07) is 7.97. The maximum atomic E-state index is 12.4. The van der Waals surface area contributed by atoms with Gasteiger partial charge in [-0.25, -0.2) is 0 Å². The number of rotatable bonds is 4. The molecule has 0 spiro atoms. The van der Waals surface area contributed by atoms with E-state index in [4.69, 9.17) is 5.73 Å². The average Bonchev–Trinajstić information content (AvgIpc) is 2.41. The van der Waals surface area contributed by atoms with E-state index >= 15 is 0 Å². The number of carbonyl (C=O) groups excluding carboxylic acids is 1. The fraction of sp³-hybridized carbons (Fsp3) is 0.562.